The molecule has 0 spiro atoms. The number of H-pyrrole nitrogens is 1. The van der Waals surface area contributed by atoms with Crippen LogP contribution in [0.25, 0.3) is 11.2 Å². The molecule has 0 radical (unpaired) electrons. The van der Waals surface area contributed by atoms with Gasteiger partial charge in [-0.25, -0.2) is 15.0 Å². The molecule has 3 rings (SSSR count). The van der Waals surface area contributed by atoms with Crippen LogP contribution < -0.4 is 4.90 Å². The van der Waals surface area contributed by atoms with Crippen LogP contribution in [0.1, 0.15) is 32.1 Å². The van der Waals surface area contributed by atoms with Crippen molar-refractivity contribution in [3.8, 4) is 0 Å². The van der Waals surface area contributed by atoms with Gasteiger partial charge in [0.15, 0.2) is 11.5 Å². The van der Waals surface area contributed by atoms with E-state index in [-0.39, 0.29) is 0 Å². The minimum atomic E-state index is 0.543. The molecule has 5 nitrogen and oxygen atoms in total. The van der Waals surface area contributed by atoms with Crippen molar-refractivity contribution in [2.24, 2.45) is 0 Å². The van der Waals surface area contributed by atoms with E-state index >= 15 is 0 Å². The fraction of sp³-hybridized carbons (Fsp3) is 0.500. The summed E-state index contributed by atoms with van der Waals surface area (Å²) in [5.41, 5.74) is 1.66. The summed E-state index contributed by atoms with van der Waals surface area (Å²) in [6.07, 6.45) is 11.6. The Morgan fingerprint density at radius 1 is 1.26 bits per heavy atom. The van der Waals surface area contributed by atoms with Gasteiger partial charge >= 0.3 is 0 Å². The maximum absolute atomic E-state index is 4.46. The van der Waals surface area contributed by atoms with Crippen molar-refractivity contribution in [3.05, 3.63) is 25.3 Å². The Balaban J connectivity index is 1.98. The van der Waals surface area contributed by atoms with E-state index in [0.29, 0.717) is 6.04 Å². The molecule has 100 valence electrons. The van der Waals surface area contributed by atoms with Crippen LogP contribution in [0.4, 0.5) is 5.82 Å². The lowest BCUT2D eigenvalue weighted by Crippen LogP contribution is -2.37. The minimum absolute atomic E-state index is 0.543. The Hall–Kier alpha value is -1.91. The van der Waals surface area contributed by atoms with Crippen LogP contribution in [0.15, 0.2) is 25.3 Å². The molecule has 0 atom stereocenters. The van der Waals surface area contributed by atoms with Gasteiger partial charge in [-0.05, 0) is 12.8 Å². The van der Waals surface area contributed by atoms with E-state index in [2.05, 4.69) is 31.4 Å². The summed E-state index contributed by atoms with van der Waals surface area (Å²) < 4.78 is 0. The van der Waals surface area contributed by atoms with Gasteiger partial charge in [-0.3, -0.25) is 0 Å². The number of aromatic nitrogens is 4. The molecule has 1 N–H and O–H groups in total. The molecule has 2 heterocycles. The van der Waals surface area contributed by atoms with E-state index in [1.54, 1.807) is 12.7 Å². The van der Waals surface area contributed by atoms with Gasteiger partial charge in [0.2, 0.25) is 0 Å². The van der Waals surface area contributed by atoms with Crippen molar-refractivity contribution in [3.63, 3.8) is 0 Å². The van der Waals surface area contributed by atoms with Gasteiger partial charge in [0.1, 0.15) is 11.8 Å². The lowest BCUT2D eigenvalue weighted by molar-refractivity contribution is 0.420. The standard InChI is InChI=1S/C14H19N5/c1-2-8-19(11-6-4-3-5-7-11)14-12-13(16-9-15-12)17-10-18-14/h2,9-11H,1,3-8H2,(H,15,16,17,18). The van der Waals surface area contributed by atoms with Crippen LogP contribution in [-0.2, 0) is 0 Å². The molecule has 1 fully saturated rings. The second-order valence-electron chi connectivity index (χ2n) is 5.03. The molecule has 0 saturated heterocycles. The van der Waals surface area contributed by atoms with Crippen molar-refractivity contribution < 1.29 is 0 Å². The molecule has 1 aliphatic carbocycles. The smallest absolute Gasteiger partial charge is 0.162 e. The van der Waals surface area contributed by atoms with Gasteiger partial charge in [0.25, 0.3) is 0 Å². The number of nitrogens with zero attached hydrogens (tertiary/aromatic N) is 4. The number of hydrogen-bond donors (Lipinski definition) is 1. The van der Waals surface area contributed by atoms with E-state index in [0.717, 1.165) is 23.5 Å². The highest BCUT2D eigenvalue weighted by Gasteiger charge is 2.23. The zero-order chi connectivity index (χ0) is 13.1. The summed E-state index contributed by atoms with van der Waals surface area (Å²) in [5, 5.41) is 0. The summed E-state index contributed by atoms with van der Waals surface area (Å²) in [7, 11) is 0. The third kappa shape index (κ3) is 2.32. The molecule has 1 saturated carbocycles. The van der Waals surface area contributed by atoms with Crippen molar-refractivity contribution in [1.82, 2.24) is 19.9 Å². The number of fused-ring (bicyclic) bond motifs is 1. The lowest BCUT2D eigenvalue weighted by atomic mass is 9.94. The number of rotatable bonds is 4. The van der Waals surface area contributed by atoms with E-state index in [1.165, 1.54) is 32.1 Å². The fourth-order valence-electron chi connectivity index (χ4n) is 2.90. The first-order valence-corrected chi connectivity index (χ1v) is 6.92. The van der Waals surface area contributed by atoms with Crippen molar-refractivity contribution in [1.29, 1.82) is 0 Å². The lowest BCUT2D eigenvalue weighted by Gasteiger charge is -2.34. The first-order chi connectivity index (χ1) is 9.40. The number of nitrogens with one attached hydrogen (secondary N) is 1. The zero-order valence-electron chi connectivity index (χ0n) is 11.0. The number of imidazole rings is 1. The highest BCUT2D eigenvalue weighted by atomic mass is 15.2. The molecule has 0 aromatic carbocycles. The summed E-state index contributed by atoms with van der Waals surface area (Å²) in [4.78, 5) is 18.4. The molecular weight excluding hydrogens is 238 g/mol. The molecule has 2 aromatic heterocycles. The average molecular weight is 257 g/mol. The molecule has 0 bridgehead atoms. The maximum Gasteiger partial charge on any atom is 0.162 e. The van der Waals surface area contributed by atoms with Gasteiger partial charge in [0.05, 0.1) is 6.33 Å². The van der Waals surface area contributed by atoms with Crippen LogP contribution in [-0.4, -0.2) is 32.5 Å². The molecule has 1 aliphatic rings. The molecule has 2 aromatic rings. The predicted molar refractivity (Wildman–Crippen MR) is 76.1 cm³/mol. The van der Waals surface area contributed by atoms with Crippen LogP contribution in [0, 0.1) is 0 Å². The summed E-state index contributed by atoms with van der Waals surface area (Å²) in [6.45, 7) is 4.68. The first-order valence-electron chi connectivity index (χ1n) is 6.92. The first kappa shape index (κ1) is 12.1. The number of hydrogen-bond acceptors (Lipinski definition) is 4. The number of anilines is 1. The Bertz CT molecular complexity index is 556. The summed E-state index contributed by atoms with van der Waals surface area (Å²) in [6, 6.07) is 0.543. The topological polar surface area (TPSA) is 57.7 Å². The van der Waals surface area contributed by atoms with Gasteiger partial charge in [-0.2, -0.15) is 0 Å². The van der Waals surface area contributed by atoms with Crippen LogP contribution in [0.3, 0.4) is 0 Å². The third-order valence-electron chi connectivity index (χ3n) is 3.81. The monoisotopic (exact) mass is 257 g/mol. The minimum Gasteiger partial charge on any atom is -0.348 e. The molecule has 0 amide bonds. The van der Waals surface area contributed by atoms with Gasteiger partial charge in [-0.1, -0.05) is 25.3 Å². The van der Waals surface area contributed by atoms with Crippen molar-refractivity contribution in [2.75, 3.05) is 11.4 Å². The SMILES string of the molecule is C=CCN(c1ncnc2[nH]cnc12)C1CCCCC1. The molecular formula is C14H19N5. The average Bonchev–Trinajstić information content (AvgIpc) is 2.94. The summed E-state index contributed by atoms with van der Waals surface area (Å²) >= 11 is 0. The second kappa shape index (κ2) is 5.38. The normalized spacial score (nSPS) is 16.6. The van der Waals surface area contributed by atoms with Crippen LogP contribution >= 0.6 is 0 Å². The Labute approximate surface area is 112 Å². The van der Waals surface area contributed by atoms with Crippen LogP contribution in [0.2, 0.25) is 0 Å². The van der Waals surface area contributed by atoms with Gasteiger partial charge < -0.3 is 9.88 Å². The molecule has 0 unspecified atom stereocenters. The molecule has 0 aliphatic heterocycles. The van der Waals surface area contributed by atoms with Crippen LogP contribution in [0.5, 0.6) is 0 Å². The highest BCUT2D eigenvalue weighted by Crippen LogP contribution is 2.28. The second-order valence-corrected chi connectivity index (χ2v) is 5.03. The fourth-order valence-corrected chi connectivity index (χ4v) is 2.90. The van der Waals surface area contributed by atoms with E-state index in [9.17, 15) is 0 Å². The Kier molecular flexibility index (Phi) is 3.44. The maximum atomic E-state index is 4.46. The van der Waals surface area contributed by atoms with Gasteiger partial charge in [-0.15, -0.1) is 6.58 Å². The van der Waals surface area contributed by atoms with E-state index < -0.39 is 0 Å². The van der Waals surface area contributed by atoms with E-state index in [1.807, 2.05) is 6.08 Å². The van der Waals surface area contributed by atoms with E-state index in [4.69, 9.17) is 0 Å². The summed E-state index contributed by atoms with van der Waals surface area (Å²) in [5.74, 6) is 0.929. The Morgan fingerprint density at radius 2 is 2.11 bits per heavy atom. The quantitative estimate of drug-likeness (QED) is 0.855. The Morgan fingerprint density at radius 3 is 2.89 bits per heavy atom. The van der Waals surface area contributed by atoms with Crippen molar-refractivity contribution >= 4 is 17.0 Å². The third-order valence-corrected chi connectivity index (χ3v) is 3.81. The highest BCUT2D eigenvalue weighted by molar-refractivity contribution is 5.82. The molecule has 5 heteroatoms. The van der Waals surface area contributed by atoms with Gasteiger partial charge in [0, 0.05) is 12.6 Å². The zero-order valence-corrected chi connectivity index (χ0v) is 11.0. The predicted octanol–water partition coefficient (Wildman–Crippen LogP) is 2.68. The van der Waals surface area contributed by atoms with Crippen molar-refractivity contribution in [2.45, 2.75) is 38.1 Å². The number of aromatic amines is 1. The largest absolute Gasteiger partial charge is 0.348 e. The molecule has 19 heavy (non-hydrogen) atoms.